The molecule has 0 unspecified atom stereocenters. The number of carbonyl (C=O) groups is 2. The fourth-order valence-electron chi connectivity index (χ4n) is 2.80. The number of rotatable bonds is 6. The molecular formula is C22H16F3NO2. The first-order chi connectivity index (χ1) is 13.4. The molecule has 0 spiro atoms. The Labute approximate surface area is 159 Å². The van der Waals surface area contributed by atoms with E-state index in [0.29, 0.717) is 11.1 Å². The van der Waals surface area contributed by atoms with Gasteiger partial charge in [0.15, 0.2) is 0 Å². The van der Waals surface area contributed by atoms with Crippen LogP contribution in [0.1, 0.15) is 21.5 Å². The lowest BCUT2D eigenvalue weighted by molar-refractivity contribution is -0.117. The Hall–Kier alpha value is -3.41. The minimum Gasteiger partial charge on any atom is -0.322 e. The second-order valence-corrected chi connectivity index (χ2v) is 6.26. The third kappa shape index (κ3) is 4.85. The van der Waals surface area contributed by atoms with E-state index in [0.717, 1.165) is 12.1 Å². The molecule has 0 saturated carbocycles. The van der Waals surface area contributed by atoms with E-state index in [4.69, 9.17) is 0 Å². The number of nitrogens with one attached hydrogen (secondary N) is 1. The molecule has 0 saturated heterocycles. The Kier molecular flexibility index (Phi) is 5.89. The maximum Gasteiger partial charge on any atom is 0.258 e. The van der Waals surface area contributed by atoms with Crippen LogP contribution >= 0.6 is 0 Å². The van der Waals surface area contributed by atoms with Gasteiger partial charge < -0.3 is 5.32 Å². The molecule has 1 N–H and O–H groups in total. The quantitative estimate of drug-likeness (QED) is 0.670. The fraction of sp³-hybridized carbons (Fsp3) is 0.0909. The van der Waals surface area contributed by atoms with Crippen molar-refractivity contribution in [3.05, 3.63) is 101 Å². The third-order valence-corrected chi connectivity index (χ3v) is 4.12. The summed E-state index contributed by atoms with van der Waals surface area (Å²) in [6, 6.07) is 14.7. The molecule has 1 amide bonds. The van der Waals surface area contributed by atoms with Crippen LogP contribution in [0.3, 0.4) is 0 Å². The highest BCUT2D eigenvalue weighted by molar-refractivity contribution is 6.05. The smallest absolute Gasteiger partial charge is 0.258 e. The molecule has 3 aromatic carbocycles. The molecule has 0 atom stereocenters. The van der Waals surface area contributed by atoms with Gasteiger partial charge in [-0.2, -0.15) is 0 Å². The molecular weight excluding hydrogens is 367 g/mol. The van der Waals surface area contributed by atoms with Gasteiger partial charge in [-0.3, -0.25) is 9.59 Å². The van der Waals surface area contributed by atoms with Crippen molar-refractivity contribution in [3.63, 3.8) is 0 Å². The van der Waals surface area contributed by atoms with Gasteiger partial charge in [0.1, 0.15) is 23.2 Å². The maximum absolute atomic E-state index is 13.8. The molecule has 6 heteroatoms. The molecule has 3 nitrogen and oxygen atoms in total. The Balaban J connectivity index is 1.78. The van der Waals surface area contributed by atoms with E-state index in [1.54, 1.807) is 6.07 Å². The molecule has 28 heavy (non-hydrogen) atoms. The molecule has 0 heterocycles. The molecule has 0 fully saturated rings. The second-order valence-electron chi connectivity index (χ2n) is 6.26. The minimum atomic E-state index is -0.748. The number of ketones is 1. The van der Waals surface area contributed by atoms with E-state index in [2.05, 4.69) is 5.32 Å². The molecule has 0 aromatic heterocycles. The summed E-state index contributed by atoms with van der Waals surface area (Å²) in [5, 5.41) is 2.46. The highest BCUT2D eigenvalue weighted by Crippen LogP contribution is 2.21. The van der Waals surface area contributed by atoms with Crippen LogP contribution in [0, 0.1) is 17.5 Å². The van der Waals surface area contributed by atoms with Crippen LogP contribution in [0.2, 0.25) is 0 Å². The zero-order chi connectivity index (χ0) is 20.1. The second kappa shape index (κ2) is 8.52. The summed E-state index contributed by atoms with van der Waals surface area (Å²) in [5.74, 6) is -2.74. The number of hydrogen-bond acceptors (Lipinski definition) is 2. The van der Waals surface area contributed by atoms with Crippen LogP contribution < -0.4 is 5.32 Å². The van der Waals surface area contributed by atoms with Crippen molar-refractivity contribution in [2.24, 2.45) is 0 Å². The average molecular weight is 383 g/mol. The van der Waals surface area contributed by atoms with Gasteiger partial charge in [0.05, 0.1) is 5.56 Å². The van der Waals surface area contributed by atoms with Crippen molar-refractivity contribution in [1.82, 2.24) is 0 Å². The van der Waals surface area contributed by atoms with E-state index < -0.39 is 23.4 Å². The number of hydrogen-bond donors (Lipinski definition) is 1. The number of anilines is 1. The number of carbonyl (C=O) groups excluding carboxylic acids is 2. The zero-order valence-electron chi connectivity index (χ0n) is 14.7. The summed E-state index contributed by atoms with van der Waals surface area (Å²) in [4.78, 5) is 24.7. The van der Waals surface area contributed by atoms with Gasteiger partial charge in [-0.1, -0.05) is 30.3 Å². The third-order valence-electron chi connectivity index (χ3n) is 4.12. The molecule has 0 aliphatic carbocycles. The number of benzene rings is 3. The van der Waals surface area contributed by atoms with E-state index in [1.165, 1.54) is 48.5 Å². The van der Waals surface area contributed by atoms with Crippen LogP contribution in [0.5, 0.6) is 0 Å². The lowest BCUT2D eigenvalue weighted by Crippen LogP contribution is -2.16. The van der Waals surface area contributed by atoms with Crippen molar-refractivity contribution in [2.45, 2.75) is 12.8 Å². The number of amides is 1. The molecule has 0 aliphatic heterocycles. The fourth-order valence-corrected chi connectivity index (χ4v) is 2.80. The lowest BCUT2D eigenvalue weighted by Gasteiger charge is -2.12. The van der Waals surface area contributed by atoms with Gasteiger partial charge >= 0.3 is 0 Å². The first kappa shape index (κ1) is 19.4. The lowest BCUT2D eigenvalue weighted by atomic mass is 10.0. The van der Waals surface area contributed by atoms with E-state index in [9.17, 15) is 22.8 Å². The molecule has 0 aliphatic rings. The van der Waals surface area contributed by atoms with Gasteiger partial charge in [-0.05, 0) is 47.5 Å². The molecule has 0 radical (unpaired) electrons. The van der Waals surface area contributed by atoms with Crippen LogP contribution in [0.15, 0.2) is 66.7 Å². The van der Waals surface area contributed by atoms with Gasteiger partial charge in [-0.15, -0.1) is 0 Å². The first-order valence-electron chi connectivity index (χ1n) is 8.53. The van der Waals surface area contributed by atoms with Crippen molar-refractivity contribution >= 4 is 17.4 Å². The van der Waals surface area contributed by atoms with Crippen LogP contribution in [0.25, 0.3) is 0 Å². The standard InChI is InChI=1S/C22H16F3NO2/c23-16-5-3-4-14(10-16)11-18(27)12-15-8-9-17(24)13-21(15)26-22(28)19-6-1-2-7-20(19)25/h1-10,13H,11-12H2,(H,26,28). The van der Waals surface area contributed by atoms with Crippen molar-refractivity contribution < 1.29 is 22.8 Å². The molecule has 3 aromatic rings. The predicted octanol–water partition coefficient (Wildman–Crippen LogP) is 4.71. The van der Waals surface area contributed by atoms with Gasteiger partial charge in [0.2, 0.25) is 0 Å². The van der Waals surface area contributed by atoms with Crippen molar-refractivity contribution in [3.8, 4) is 0 Å². The van der Waals surface area contributed by atoms with Crippen molar-refractivity contribution in [1.29, 1.82) is 0 Å². The Bertz CT molecular complexity index is 1030. The topological polar surface area (TPSA) is 46.2 Å². The molecule has 3 rings (SSSR count). The monoisotopic (exact) mass is 383 g/mol. The largest absolute Gasteiger partial charge is 0.322 e. The summed E-state index contributed by atoms with van der Waals surface area (Å²) >= 11 is 0. The van der Waals surface area contributed by atoms with Gasteiger partial charge in [-0.25, -0.2) is 13.2 Å². The Morgan fingerprint density at radius 1 is 0.786 bits per heavy atom. The van der Waals surface area contributed by atoms with Crippen LogP contribution in [0.4, 0.5) is 18.9 Å². The summed E-state index contributed by atoms with van der Waals surface area (Å²) in [7, 11) is 0. The van der Waals surface area contributed by atoms with Crippen LogP contribution in [-0.2, 0) is 17.6 Å². The summed E-state index contributed by atoms with van der Waals surface area (Å²) in [6.07, 6.45) is -0.0977. The van der Waals surface area contributed by atoms with Crippen molar-refractivity contribution in [2.75, 3.05) is 5.32 Å². The van der Waals surface area contributed by atoms with Crippen LogP contribution in [-0.4, -0.2) is 11.7 Å². The maximum atomic E-state index is 13.8. The molecule has 0 bridgehead atoms. The summed E-state index contributed by atoms with van der Waals surface area (Å²) in [6.45, 7) is 0. The summed E-state index contributed by atoms with van der Waals surface area (Å²) in [5.41, 5.74) is 0.793. The average Bonchev–Trinajstić information content (AvgIpc) is 2.64. The predicted molar refractivity (Wildman–Crippen MR) is 99.6 cm³/mol. The number of halogens is 3. The highest BCUT2D eigenvalue weighted by Gasteiger charge is 2.15. The zero-order valence-corrected chi connectivity index (χ0v) is 14.7. The SMILES string of the molecule is O=C(Cc1cccc(F)c1)Cc1ccc(F)cc1NC(=O)c1ccccc1F. The van der Waals surface area contributed by atoms with E-state index >= 15 is 0 Å². The van der Waals surface area contributed by atoms with E-state index in [1.807, 2.05) is 0 Å². The molecule has 142 valence electrons. The number of Topliss-reactive ketones (excluding diaryl/α,β-unsaturated/α-hetero) is 1. The first-order valence-corrected chi connectivity index (χ1v) is 8.53. The van der Waals surface area contributed by atoms with Gasteiger partial charge in [0.25, 0.3) is 5.91 Å². The Morgan fingerprint density at radius 3 is 2.29 bits per heavy atom. The van der Waals surface area contributed by atoms with Gasteiger partial charge in [0, 0.05) is 18.5 Å². The van der Waals surface area contributed by atoms with E-state index in [-0.39, 0.29) is 29.9 Å². The normalized spacial score (nSPS) is 10.5. The highest BCUT2D eigenvalue weighted by atomic mass is 19.1. The summed E-state index contributed by atoms with van der Waals surface area (Å²) < 4.78 is 40.7. The Morgan fingerprint density at radius 2 is 1.54 bits per heavy atom. The minimum absolute atomic E-state index is 0.00413.